The summed E-state index contributed by atoms with van der Waals surface area (Å²) < 4.78 is 5.35. The van der Waals surface area contributed by atoms with Crippen LogP contribution < -0.4 is 0 Å². The molecule has 0 amide bonds. The third-order valence-corrected chi connectivity index (χ3v) is 4.50. The first kappa shape index (κ1) is 12.7. The molecule has 1 saturated carbocycles. The minimum absolute atomic E-state index is 0.0829. The van der Waals surface area contributed by atoms with E-state index in [2.05, 4.69) is 0 Å². The number of esters is 1. The van der Waals surface area contributed by atoms with Crippen LogP contribution in [0.15, 0.2) is 35.9 Å². The number of halogens is 1. The quantitative estimate of drug-likeness (QED) is 0.599. The first-order chi connectivity index (χ1) is 9.27. The zero-order valence-corrected chi connectivity index (χ0v) is 11.5. The molecule has 2 fully saturated rings. The topological polar surface area (TPSA) is 26.3 Å². The minimum atomic E-state index is -0.246. The molecule has 1 heterocycles. The molecule has 1 aromatic carbocycles. The Labute approximate surface area is 118 Å². The maximum absolute atomic E-state index is 11.7. The van der Waals surface area contributed by atoms with Crippen molar-refractivity contribution in [2.75, 3.05) is 0 Å². The molecule has 3 heteroatoms. The van der Waals surface area contributed by atoms with Gasteiger partial charge in [0.1, 0.15) is 6.10 Å². The molecule has 1 aromatic rings. The normalized spacial score (nSPS) is 26.6. The number of hydrogen-bond acceptors (Lipinski definition) is 2. The molecule has 1 aliphatic carbocycles. The van der Waals surface area contributed by atoms with E-state index in [9.17, 15) is 4.79 Å². The molecule has 1 saturated heterocycles. The van der Waals surface area contributed by atoms with Crippen LogP contribution in [0.2, 0.25) is 0 Å². The van der Waals surface area contributed by atoms with Crippen molar-refractivity contribution in [1.82, 2.24) is 0 Å². The summed E-state index contributed by atoms with van der Waals surface area (Å²) >= 11 is 6.40. The first-order valence-corrected chi connectivity index (χ1v) is 7.31. The first-order valence-electron chi connectivity index (χ1n) is 6.93. The number of cyclic esters (lactones) is 1. The van der Waals surface area contributed by atoms with Gasteiger partial charge in [-0.25, -0.2) is 4.79 Å². The molecule has 2 aliphatic rings. The van der Waals surface area contributed by atoms with Gasteiger partial charge in [-0.3, -0.25) is 0 Å². The predicted molar refractivity (Wildman–Crippen MR) is 75.7 cm³/mol. The molecule has 3 rings (SSSR count). The summed E-state index contributed by atoms with van der Waals surface area (Å²) in [5.74, 6) is 0.211. The van der Waals surface area contributed by atoms with Crippen molar-refractivity contribution in [3.63, 3.8) is 0 Å². The molecule has 19 heavy (non-hydrogen) atoms. The van der Waals surface area contributed by atoms with Crippen LogP contribution in [-0.4, -0.2) is 12.1 Å². The van der Waals surface area contributed by atoms with Crippen molar-refractivity contribution >= 4 is 22.6 Å². The van der Waals surface area contributed by atoms with E-state index in [1.54, 1.807) is 0 Å². The summed E-state index contributed by atoms with van der Waals surface area (Å²) in [6, 6.07) is 9.66. The largest absolute Gasteiger partial charge is 0.453 e. The van der Waals surface area contributed by atoms with E-state index >= 15 is 0 Å². The van der Waals surface area contributed by atoms with Crippen LogP contribution in [0.4, 0.5) is 0 Å². The molecule has 0 unspecified atom stereocenters. The summed E-state index contributed by atoms with van der Waals surface area (Å²) in [7, 11) is 0. The van der Waals surface area contributed by atoms with Crippen molar-refractivity contribution in [1.29, 1.82) is 0 Å². The molecular weight excluding hydrogens is 260 g/mol. The van der Waals surface area contributed by atoms with Gasteiger partial charge in [0.2, 0.25) is 0 Å². The van der Waals surface area contributed by atoms with E-state index in [-0.39, 0.29) is 12.1 Å². The Hall–Kier alpha value is -1.28. The molecular formula is C16H17ClO2. The van der Waals surface area contributed by atoms with Crippen LogP contribution in [0.25, 0.3) is 5.03 Å². The molecule has 0 aromatic heterocycles. The average molecular weight is 277 g/mol. The fourth-order valence-corrected chi connectivity index (χ4v) is 3.33. The molecule has 1 aliphatic heterocycles. The van der Waals surface area contributed by atoms with Gasteiger partial charge >= 0.3 is 5.97 Å². The number of carbonyl (C=O) groups is 1. The van der Waals surface area contributed by atoms with Crippen LogP contribution in [0.5, 0.6) is 0 Å². The average Bonchev–Trinajstić information content (AvgIpc) is 2.46. The van der Waals surface area contributed by atoms with Crippen molar-refractivity contribution < 1.29 is 9.53 Å². The van der Waals surface area contributed by atoms with E-state index < -0.39 is 0 Å². The number of carbonyl (C=O) groups excluding carboxylic acids is 1. The smallest absolute Gasteiger partial charge is 0.339 e. The zero-order chi connectivity index (χ0) is 13.2. The summed E-state index contributed by atoms with van der Waals surface area (Å²) in [6.07, 6.45) is 5.95. The van der Waals surface area contributed by atoms with Crippen molar-refractivity contribution in [2.45, 2.75) is 38.2 Å². The number of hydrogen-bond donors (Lipinski definition) is 0. The Morgan fingerprint density at radius 1 is 1.11 bits per heavy atom. The van der Waals surface area contributed by atoms with Crippen molar-refractivity contribution in [2.24, 2.45) is 5.92 Å². The third kappa shape index (κ3) is 2.42. The lowest BCUT2D eigenvalue weighted by molar-refractivity contribution is -0.160. The fraction of sp³-hybridized carbons (Fsp3) is 0.438. The monoisotopic (exact) mass is 276 g/mol. The highest BCUT2D eigenvalue weighted by molar-refractivity contribution is 6.51. The lowest BCUT2D eigenvalue weighted by Gasteiger charge is -2.37. The second kappa shape index (κ2) is 5.38. The highest BCUT2D eigenvalue weighted by Crippen LogP contribution is 2.41. The molecule has 1 atom stereocenters. The summed E-state index contributed by atoms with van der Waals surface area (Å²) in [5.41, 5.74) is 1.58. The van der Waals surface area contributed by atoms with E-state index in [0.717, 1.165) is 18.4 Å². The summed E-state index contributed by atoms with van der Waals surface area (Å²) in [5, 5.41) is 0.562. The molecule has 0 bridgehead atoms. The van der Waals surface area contributed by atoms with Gasteiger partial charge in [-0.1, -0.05) is 61.2 Å². The predicted octanol–water partition coefficient (Wildman–Crippen LogP) is 4.14. The molecule has 0 N–H and O–H groups in total. The number of rotatable bonds is 2. The molecule has 0 spiro atoms. The SMILES string of the molecule is O=C1O[C@@H](C2CCCCC2)/C1=C(/Cl)c1ccccc1. The van der Waals surface area contributed by atoms with E-state index in [1.165, 1.54) is 19.3 Å². The fourth-order valence-electron chi connectivity index (χ4n) is 3.02. The van der Waals surface area contributed by atoms with Crippen LogP contribution in [0.1, 0.15) is 37.7 Å². The molecule has 100 valence electrons. The minimum Gasteiger partial charge on any atom is -0.453 e. The Balaban J connectivity index is 1.87. The van der Waals surface area contributed by atoms with E-state index in [4.69, 9.17) is 16.3 Å². The van der Waals surface area contributed by atoms with Gasteiger partial charge < -0.3 is 4.74 Å². The van der Waals surface area contributed by atoms with Crippen LogP contribution in [0.3, 0.4) is 0 Å². The maximum atomic E-state index is 11.7. The van der Waals surface area contributed by atoms with Gasteiger partial charge in [0.15, 0.2) is 0 Å². The molecule has 0 radical (unpaired) electrons. The van der Waals surface area contributed by atoms with Crippen LogP contribution in [0, 0.1) is 5.92 Å². The van der Waals surface area contributed by atoms with Crippen molar-refractivity contribution in [3.8, 4) is 0 Å². The zero-order valence-electron chi connectivity index (χ0n) is 10.8. The van der Waals surface area contributed by atoms with Crippen LogP contribution >= 0.6 is 11.6 Å². The highest BCUT2D eigenvalue weighted by atomic mass is 35.5. The Kier molecular flexibility index (Phi) is 3.61. The number of benzene rings is 1. The van der Waals surface area contributed by atoms with Gasteiger partial charge in [-0.05, 0) is 18.4 Å². The lowest BCUT2D eigenvalue weighted by atomic mass is 9.80. The van der Waals surface area contributed by atoms with Gasteiger partial charge in [-0.15, -0.1) is 0 Å². The Morgan fingerprint density at radius 2 is 1.79 bits per heavy atom. The lowest BCUT2D eigenvalue weighted by Crippen LogP contribution is -2.43. The van der Waals surface area contributed by atoms with E-state index in [0.29, 0.717) is 16.5 Å². The van der Waals surface area contributed by atoms with Crippen LogP contribution in [-0.2, 0) is 9.53 Å². The number of ether oxygens (including phenoxy) is 1. The van der Waals surface area contributed by atoms with E-state index in [1.807, 2.05) is 30.3 Å². The molecule has 2 nitrogen and oxygen atoms in total. The standard InChI is InChI=1S/C16H17ClO2/c17-14(11-7-3-1-4-8-11)13-15(19-16(13)18)12-9-5-2-6-10-12/h1,3-4,7-8,12,15H,2,5-6,9-10H2/b14-13-/t15-/m0/s1. The maximum Gasteiger partial charge on any atom is 0.339 e. The van der Waals surface area contributed by atoms with Gasteiger partial charge in [-0.2, -0.15) is 0 Å². The Morgan fingerprint density at radius 3 is 2.42 bits per heavy atom. The van der Waals surface area contributed by atoms with Gasteiger partial charge in [0.05, 0.1) is 10.6 Å². The third-order valence-electron chi connectivity index (χ3n) is 4.08. The van der Waals surface area contributed by atoms with Crippen molar-refractivity contribution in [3.05, 3.63) is 41.5 Å². The summed E-state index contributed by atoms with van der Waals surface area (Å²) in [4.78, 5) is 11.7. The summed E-state index contributed by atoms with van der Waals surface area (Å²) in [6.45, 7) is 0. The second-order valence-corrected chi connectivity index (χ2v) is 5.70. The van der Waals surface area contributed by atoms with Gasteiger partial charge in [0, 0.05) is 5.92 Å². The Bertz CT molecular complexity index is 501. The van der Waals surface area contributed by atoms with Gasteiger partial charge in [0.25, 0.3) is 0 Å². The second-order valence-electron chi connectivity index (χ2n) is 5.32. The highest BCUT2D eigenvalue weighted by Gasteiger charge is 2.43.